The third kappa shape index (κ3) is 10.4. The molecule has 0 saturated carbocycles. The van der Waals surface area contributed by atoms with Gasteiger partial charge in [-0.15, -0.1) is 0 Å². The highest BCUT2D eigenvalue weighted by atomic mass is 28.4. The van der Waals surface area contributed by atoms with E-state index in [4.69, 9.17) is 24.7 Å². The van der Waals surface area contributed by atoms with Gasteiger partial charge in [0.15, 0.2) is 0 Å². The molecule has 0 aliphatic rings. The predicted octanol–water partition coefficient (Wildman–Crippen LogP) is 2.66. The first-order valence-electron chi connectivity index (χ1n) is 8.20. The second kappa shape index (κ2) is 10.7. The van der Waals surface area contributed by atoms with E-state index in [1.807, 2.05) is 41.5 Å². The van der Waals surface area contributed by atoms with Crippen molar-refractivity contribution in [3.05, 3.63) is 0 Å². The lowest BCUT2D eigenvalue weighted by atomic mass is 10.1. The molecule has 0 aliphatic heterocycles. The molecule has 0 rings (SSSR count). The third-order valence-corrected chi connectivity index (χ3v) is 6.24. The Kier molecular flexibility index (Phi) is 10.7. The summed E-state index contributed by atoms with van der Waals surface area (Å²) in [6.45, 7) is 12.8. The Hall–Kier alpha value is 0.0169. The van der Waals surface area contributed by atoms with Crippen LogP contribution in [0.2, 0.25) is 6.04 Å². The molecule has 21 heavy (non-hydrogen) atoms. The Morgan fingerprint density at radius 3 is 1.57 bits per heavy atom. The van der Waals surface area contributed by atoms with Crippen LogP contribution in [0.15, 0.2) is 0 Å². The van der Waals surface area contributed by atoms with Crippen LogP contribution in [0.5, 0.6) is 0 Å². The zero-order valence-electron chi connectivity index (χ0n) is 14.7. The topological polar surface area (TPSA) is 79.7 Å². The Morgan fingerprint density at radius 1 is 0.810 bits per heavy atom. The molecular formula is C15H36N2O3Si. The number of nitrogens with two attached hydrogens (primary N) is 2. The van der Waals surface area contributed by atoms with E-state index >= 15 is 0 Å². The monoisotopic (exact) mass is 320 g/mol. The van der Waals surface area contributed by atoms with Crippen LogP contribution in [0.1, 0.15) is 60.8 Å². The van der Waals surface area contributed by atoms with Gasteiger partial charge in [0, 0.05) is 30.4 Å². The Morgan fingerprint density at radius 2 is 1.24 bits per heavy atom. The first-order valence-corrected chi connectivity index (χ1v) is 10.1. The minimum Gasteiger partial charge on any atom is -0.371 e. The fourth-order valence-electron chi connectivity index (χ4n) is 2.22. The lowest BCUT2D eigenvalue weighted by molar-refractivity contribution is 0.00253. The van der Waals surface area contributed by atoms with E-state index in [2.05, 4.69) is 0 Å². The molecule has 0 aromatic rings. The van der Waals surface area contributed by atoms with Crippen LogP contribution < -0.4 is 11.5 Å². The van der Waals surface area contributed by atoms with Crippen molar-refractivity contribution < 1.29 is 13.3 Å². The van der Waals surface area contributed by atoms with Crippen LogP contribution in [-0.4, -0.2) is 39.7 Å². The van der Waals surface area contributed by atoms with E-state index in [1.54, 1.807) is 0 Å². The van der Waals surface area contributed by atoms with Crippen LogP contribution in [0.3, 0.4) is 0 Å². The molecule has 0 aliphatic carbocycles. The van der Waals surface area contributed by atoms with E-state index in [1.165, 1.54) is 0 Å². The van der Waals surface area contributed by atoms with Crippen molar-refractivity contribution in [3.63, 3.8) is 0 Å². The van der Waals surface area contributed by atoms with Gasteiger partial charge in [-0.2, -0.15) is 0 Å². The summed E-state index contributed by atoms with van der Waals surface area (Å²) in [4.78, 5) is 0. The predicted molar refractivity (Wildman–Crippen MR) is 90.1 cm³/mol. The van der Waals surface area contributed by atoms with Crippen LogP contribution >= 0.6 is 0 Å². The molecule has 0 fully saturated rings. The van der Waals surface area contributed by atoms with Gasteiger partial charge in [0.05, 0.1) is 0 Å². The van der Waals surface area contributed by atoms with Crippen LogP contribution in [-0.2, 0) is 13.3 Å². The minimum atomic E-state index is -2.70. The molecule has 128 valence electrons. The molecule has 0 aromatic carbocycles. The highest BCUT2D eigenvalue weighted by molar-refractivity contribution is 6.60. The number of rotatable bonds is 12. The van der Waals surface area contributed by atoms with Crippen molar-refractivity contribution in [2.75, 3.05) is 6.54 Å². The molecule has 5 nitrogen and oxygen atoms in total. The fourth-order valence-corrected chi connectivity index (χ4v) is 5.62. The van der Waals surface area contributed by atoms with Crippen molar-refractivity contribution in [2.24, 2.45) is 11.5 Å². The average Bonchev–Trinajstić information content (AvgIpc) is 2.31. The second-order valence-electron chi connectivity index (χ2n) is 6.41. The normalized spacial score (nSPS) is 14.4. The van der Waals surface area contributed by atoms with E-state index in [-0.39, 0.29) is 24.4 Å². The van der Waals surface area contributed by atoms with Gasteiger partial charge < -0.3 is 24.7 Å². The molecular weight excluding hydrogens is 284 g/mol. The summed E-state index contributed by atoms with van der Waals surface area (Å²) in [6, 6.07) is 0.885. The first-order chi connectivity index (χ1) is 9.70. The molecule has 0 amide bonds. The van der Waals surface area contributed by atoms with Crippen molar-refractivity contribution in [3.8, 4) is 0 Å². The second-order valence-corrected chi connectivity index (χ2v) is 8.99. The summed E-state index contributed by atoms with van der Waals surface area (Å²) >= 11 is 0. The van der Waals surface area contributed by atoms with Gasteiger partial charge in [-0.05, 0) is 67.3 Å². The standard InChI is InChI=1S/C15H36N2O3Si/c1-12(2)18-21(19-13(3)4,20-14(5)6)11-9-15(17)8-7-10-16/h12-15H,7-11,16-17H2,1-6H3. The maximum absolute atomic E-state index is 6.16. The molecule has 0 bridgehead atoms. The molecule has 0 spiro atoms. The van der Waals surface area contributed by atoms with Crippen molar-refractivity contribution in [1.82, 2.24) is 0 Å². The number of hydrogen-bond donors (Lipinski definition) is 2. The minimum absolute atomic E-state index is 0.0782. The summed E-state index contributed by atoms with van der Waals surface area (Å²) in [5.41, 5.74) is 11.7. The maximum Gasteiger partial charge on any atom is 0.501 e. The highest BCUT2D eigenvalue weighted by Gasteiger charge is 2.44. The Balaban J connectivity index is 4.79. The summed E-state index contributed by atoms with van der Waals surface area (Å²) in [5.74, 6) is 0. The van der Waals surface area contributed by atoms with Crippen LogP contribution in [0.4, 0.5) is 0 Å². The maximum atomic E-state index is 6.16. The van der Waals surface area contributed by atoms with Gasteiger partial charge in [-0.1, -0.05) is 0 Å². The molecule has 4 N–H and O–H groups in total. The lowest BCUT2D eigenvalue weighted by Gasteiger charge is -2.35. The fraction of sp³-hybridized carbons (Fsp3) is 1.00. The molecule has 0 saturated heterocycles. The molecule has 1 atom stereocenters. The SMILES string of the molecule is CC(C)O[Si](CCC(N)CCCN)(OC(C)C)OC(C)C. The van der Waals surface area contributed by atoms with Crippen molar-refractivity contribution >= 4 is 8.80 Å². The van der Waals surface area contributed by atoms with Crippen molar-refractivity contribution in [2.45, 2.75) is 91.2 Å². The molecule has 0 radical (unpaired) electrons. The molecule has 6 heteroatoms. The van der Waals surface area contributed by atoms with E-state index in [0.29, 0.717) is 6.54 Å². The van der Waals surface area contributed by atoms with Gasteiger partial charge >= 0.3 is 8.80 Å². The average molecular weight is 321 g/mol. The van der Waals surface area contributed by atoms with Gasteiger partial charge in [-0.25, -0.2) is 0 Å². The Labute approximate surface area is 132 Å². The summed E-state index contributed by atoms with van der Waals surface area (Å²) in [7, 11) is -2.70. The van der Waals surface area contributed by atoms with Gasteiger partial charge in [-0.3, -0.25) is 0 Å². The zero-order valence-corrected chi connectivity index (χ0v) is 15.7. The smallest absolute Gasteiger partial charge is 0.371 e. The van der Waals surface area contributed by atoms with E-state index in [9.17, 15) is 0 Å². The summed E-state index contributed by atoms with van der Waals surface area (Å²) < 4.78 is 18.4. The largest absolute Gasteiger partial charge is 0.501 e. The molecule has 1 unspecified atom stereocenters. The Bertz CT molecular complexity index is 237. The zero-order chi connectivity index (χ0) is 16.5. The molecule has 0 heterocycles. The van der Waals surface area contributed by atoms with Crippen LogP contribution in [0, 0.1) is 0 Å². The number of hydrogen-bond acceptors (Lipinski definition) is 5. The molecule has 0 aromatic heterocycles. The first kappa shape index (κ1) is 21.0. The van der Waals surface area contributed by atoms with Gasteiger partial charge in [0.25, 0.3) is 0 Å². The summed E-state index contributed by atoms with van der Waals surface area (Å²) in [6.07, 6.45) is 2.97. The highest BCUT2D eigenvalue weighted by Crippen LogP contribution is 2.24. The van der Waals surface area contributed by atoms with Crippen molar-refractivity contribution in [1.29, 1.82) is 0 Å². The summed E-state index contributed by atoms with van der Waals surface area (Å²) in [5, 5.41) is 0. The van der Waals surface area contributed by atoms with E-state index in [0.717, 1.165) is 25.3 Å². The van der Waals surface area contributed by atoms with Gasteiger partial charge in [0.1, 0.15) is 0 Å². The van der Waals surface area contributed by atoms with Gasteiger partial charge in [0.2, 0.25) is 0 Å². The lowest BCUT2D eigenvalue weighted by Crippen LogP contribution is -2.51. The third-order valence-electron chi connectivity index (χ3n) is 2.85. The van der Waals surface area contributed by atoms with Crippen LogP contribution in [0.25, 0.3) is 0 Å². The quantitative estimate of drug-likeness (QED) is 0.540. The van der Waals surface area contributed by atoms with E-state index < -0.39 is 8.80 Å².